The van der Waals surface area contributed by atoms with Crippen LogP contribution >= 0.6 is 0 Å². The predicted octanol–water partition coefficient (Wildman–Crippen LogP) is 3.06. The van der Waals surface area contributed by atoms with Crippen LogP contribution in [0, 0.1) is 0 Å². The maximum Gasteiger partial charge on any atom is 0.305 e. The monoisotopic (exact) mass is 264 g/mol. The number of ether oxygens (including phenoxy) is 3. The second-order valence-corrected chi connectivity index (χ2v) is 3.94. The number of hydrogen-bond acceptors (Lipinski definition) is 4. The normalized spacial score (nSPS) is 10.5. The van der Waals surface area contributed by atoms with Crippen LogP contribution < -0.4 is 9.47 Å². The van der Waals surface area contributed by atoms with Crippen molar-refractivity contribution in [1.29, 1.82) is 0 Å². The summed E-state index contributed by atoms with van der Waals surface area (Å²) in [4.78, 5) is 11.0. The summed E-state index contributed by atoms with van der Waals surface area (Å²) in [7, 11) is 2.99. The minimum Gasteiger partial charge on any atom is -0.493 e. The summed E-state index contributed by atoms with van der Waals surface area (Å²) in [6.45, 7) is 2.41. The molecule has 0 atom stereocenters. The smallest absolute Gasteiger partial charge is 0.305 e. The van der Waals surface area contributed by atoms with Gasteiger partial charge in [0.05, 0.1) is 20.8 Å². The maximum absolute atomic E-state index is 11.0. The topological polar surface area (TPSA) is 44.8 Å². The number of esters is 1. The first kappa shape index (κ1) is 15.1. The van der Waals surface area contributed by atoms with Gasteiger partial charge in [0, 0.05) is 6.42 Å². The Bertz CT molecular complexity index is 438. The second kappa shape index (κ2) is 8.19. The number of carbonyl (C=O) groups excluding carboxylic acids is 1. The van der Waals surface area contributed by atoms with Crippen molar-refractivity contribution in [3.8, 4) is 11.5 Å². The molecule has 0 bridgehead atoms. The van der Waals surface area contributed by atoms with Crippen molar-refractivity contribution in [2.75, 3.05) is 20.8 Å². The van der Waals surface area contributed by atoms with Crippen LogP contribution in [0.1, 0.15) is 25.3 Å². The van der Waals surface area contributed by atoms with E-state index in [4.69, 9.17) is 9.47 Å². The van der Waals surface area contributed by atoms with Crippen LogP contribution in [0.25, 0.3) is 6.08 Å². The fraction of sp³-hybridized carbons (Fsp3) is 0.400. The van der Waals surface area contributed by atoms with E-state index >= 15 is 0 Å². The minimum absolute atomic E-state index is 0.223. The highest BCUT2D eigenvalue weighted by molar-refractivity contribution is 5.69. The third-order valence-electron chi connectivity index (χ3n) is 2.56. The van der Waals surface area contributed by atoms with Crippen LogP contribution in [0.2, 0.25) is 0 Å². The maximum atomic E-state index is 11.0. The van der Waals surface area contributed by atoms with Gasteiger partial charge in [-0.15, -0.1) is 0 Å². The molecule has 0 spiro atoms. The lowest BCUT2D eigenvalue weighted by molar-refractivity contribution is -0.140. The van der Waals surface area contributed by atoms with E-state index in [-0.39, 0.29) is 5.97 Å². The molecule has 0 fully saturated rings. The molecule has 0 radical (unpaired) electrons. The first-order chi connectivity index (χ1) is 9.21. The largest absolute Gasteiger partial charge is 0.493 e. The van der Waals surface area contributed by atoms with Gasteiger partial charge in [-0.25, -0.2) is 0 Å². The molecule has 0 saturated heterocycles. The summed E-state index contributed by atoms with van der Waals surface area (Å²) >= 11 is 0. The Hall–Kier alpha value is -1.97. The Morgan fingerprint density at radius 3 is 2.68 bits per heavy atom. The first-order valence-electron chi connectivity index (χ1n) is 6.21. The van der Waals surface area contributed by atoms with Crippen LogP contribution in [0.5, 0.6) is 11.5 Å². The van der Waals surface area contributed by atoms with Gasteiger partial charge < -0.3 is 14.2 Å². The lowest BCUT2D eigenvalue weighted by Crippen LogP contribution is -2.05. The molecule has 0 saturated carbocycles. The fourth-order valence-electron chi connectivity index (χ4n) is 1.60. The lowest BCUT2D eigenvalue weighted by Gasteiger charge is -2.11. The van der Waals surface area contributed by atoms with Crippen molar-refractivity contribution in [3.05, 3.63) is 29.8 Å². The zero-order valence-electron chi connectivity index (χ0n) is 11.6. The molecule has 0 heterocycles. The average Bonchev–Trinajstić information content (AvgIpc) is 2.44. The Morgan fingerprint density at radius 2 is 2.05 bits per heavy atom. The van der Waals surface area contributed by atoms with Gasteiger partial charge in [0.25, 0.3) is 0 Å². The molecule has 0 aromatic heterocycles. The quantitative estimate of drug-likeness (QED) is 0.561. The molecular weight excluding hydrogens is 244 g/mol. The molecule has 1 rings (SSSR count). The molecular formula is C15H20O4. The molecule has 19 heavy (non-hydrogen) atoms. The van der Waals surface area contributed by atoms with E-state index in [0.29, 0.717) is 30.9 Å². The van der Waals surface area contributed by atoms with Crippen LogP contribution in [-0.2, 0) is 9.53 Å². The Balaban J connectivity index is 2.55. The number of rotatable bonds is 7. The summed E-state index contributed by atoms with van der Waals surface area (Å²) in [5, 5.41) is 0. The van der Waals surface area contributed by atoms with Gasteiger partial charge in [0.15, 0.2) is 11.5 Å². The highest BCUT2D eigenvalue weighted by Gasteiger charge is 2.05. The molecule has 4 nitrogen and oxygen atoms in total. The van der Waals surface area contributed by atoms with Crippen molar-refractivity contribution in [3.63, 3.8) is 0 Å². The van der Waals surface area contributed by atoms with Gasteiger partial charge in [-0.2, -0.15) is 0 Å². The van der Waals surface area contributed by atoms with Crippen LogP contribution in [0.3, 0.4) is 0 Å². The van der Waals surface area contributed by atoms with Crippen molar-refractivity contribution in [1.82, 2.24) is 0 Å². The third kappa shape index (κ3) is 5.04. The van der Waals surface area contributed by atoms with Gasteiger partial charge in [-0.05, 0) is 31.0 Å². The van der Waals surface area contributed by atoms with Gasteiger partial charge >= 0.3 is 5.97 Å². The molecule has 0 aliphatic heterocycles. The number of benzene rings is 1. The first-order valence-corrected chi connectivity index (χ1v) is 6.21. The summed E-state index contributed by atoms with van der Waals surface area (Å²) in [6, 6.07) is 5.74. The molecule has 0 amide bonds. The molecule has 0 N–H and O–H groups in total. The molecule has 0 aliphatic rings. The fourth-order valence-corrected chi connectivity index (χ4v) is 1.60. The van der Waals surface area contributed by atoms with Crippen LogP contribution in [0.4, 0.5) is 0 Å². The Morgan fingerprint density at radius 1 is 1.26 bits per heavy atom. The highest BCUT2D eigenvalue weighted by Crippen LogP contribution is 2.28. The zero-order chi connectivity index (χ0) is 14.1. The van der Waals surface area contributed by atoms with E-state index in [1.54, 1.807) is 7.11 Å². The molecule has 4 heteroatoms. The van der Waals surface area contributed by atoms with Crippen molar-refractivity contribution in [2.45, 2.75) is 19.8 Å². The second-order valence-electron chi connectivity index (χ2n) is 3.94. The van der Waals surface area contributed by atoms with Gasteiger partial charge in [0.1, 0.15) is 0 Å². The highest BCUT2D eigenvalue weighted by atomic mass is 16.5. The standard InChI is InChI=1S/C15H20O4/c1-4-6-12-8-9-13(14(11-12)17-2)19-10-5-7-15(16)18-3/h4,6,8-9,11H,5,7,10H2,1-3H3/b6-4+. The lowest BCUT2D eigenvalue weighted by atomic mass is 10.2. The molecule has 104 valence electrons. The van der Waals surface area contributed by atoms with E-state index in [1.165, 1.54) is 7.11 Å². The van der Waals surface area contributed by atoms with Gasteiger partial charge in [-0.3, -0.25) is 4.79 Å². The van der Waals surface area contributed by atoms with E-state index in [0.717, 1.165) is 5.56 Å². The molecule has 0 unspecified atom stereocenters. The minimum atomic E-state index is -0.223. The van der Waals surface area contributed by atoms with E-state index in [1.807, 2.05) is 37.3 Å². The summed E-state index contributed by atoms with van der Waals surface area (Å²) in [5.74, 6) is 1.15. The van der Waals surface area contributed by atoms with Crippen molar-refractivity contribution >= 4 is 12.0 Å². The number of carbonyl (C=O) groups is 1. The zero-order valence-corrected chi connectivity index (χ0v) is 11.6. The average molecular weight is 264 g/mol. The molecule has 0 aliphatic carbocycles. The van der Waals surface area contributed by atoms with Gasteiger partial charge in [0.2, 0.25) is 0 Å². The number of allylic oxidation sites excluding steroid dienone is 1. The predicted molar refractivity (Wildman–Crippen MR) is 74.4 cm³/mol. The van der Waals surface area contributed by atoms with E-state index in [9.17, 15) is 4.79 Å². The summed E-state index contributed by atoms with van der Waals surface area (Å²) in [5.41, 5.74) is 1.06. The van der Waals surface area contributed by atoms with Crippen molar-refractivity contribution < 1.29 is 19.0 Å². The SMILES string of the molecule is C/C=C/c1ccc(OCCCC(=O)OC)c(OC)c1. The number of methoxy groups -OCH3 is 2. The molecule has 1 aromatic carbocycles. The van der Waals surface area contributed by atoms with Crippen molar-refractivity contribution in [2.24, 2.45) is 0 Å². The summed E-state index contributed by atoms with van der Waals surface area (Å²) in [6.07, 6.45) is 4.93. The van der Waals surface area contributed by atoms with E-state index in [2.05, 4.69) is 4.74 Å². The van der Waals surface area contributed by atoms with Crippen LogP contribution in [-0.4, -0.2) is 26.8 Å². The molecule has 1 aromatic rings. The van der Waals surface area contributed by atoms with Gasteiger partial charge in [-0.1, -0.05) is 18.2 Å². The van der Waals surface area contributed by atoms with Crippen LogP contribution in [0.15, 0.2) is 24.3 Å². The Kier molecular flexibility index (Phi) is 6.50. The van der Waals surface area contributed by atoms with E-state index < -0.39 is 0 Å². The summed E-state index contributed by atoms with van der Waals surface area (Å²) < 4.78 is 15.4. The Labute approximate surface area is 114 Å². The number of hydrogen-bond donors (Lipinski definition) is 0. The third-order valence-corrected chi connectivity index (χ3v) is 2.56.